The first-order valence-corrected chi connectivity index (χ1v) is 15.5. The number of hydrogen-bond acceptors (Lipinski definition) is 8. The average molecular weight is 566 g/mol. The number of piperidine rings is 1. The zero-order valence-corrected chi connectivity index (χ0v) is 23.6. The smallest absolute Gasteiger partial charge is 0.272 e. The van der Waals surface area contributed by atoms with Gasteiger partial charge in [0, 0.05) is 37.9 Å². The van der Waals surface area contributed by atoms with Crippen LogP contribution in [0.1, 0.15) is 56.4 Å². The van der Waals surface area contributed by atoms with Gasteiger partial charge in [0.05, 0.1) is 34.1 Å². The second-order valence-electron chi connectivity index (χ2n) is 11.5. The molecule has 1 aromatic carbocycles. The van der Waals surface area contributed by atoms with E-state index in [2.05, 4.69) is 31.8 Å². The summed E-state index contributed by atoms with van der Waals surface area (Å²) >= 11 is 0. The fraction of sp³-hybridized carbons (Fsp3) is 0.500. The minimum absolute atomic E-state index is 0.0774. The van der Waals surface area contributed by atoms with Crippen molar-refractivity contribution in [3.8, 4) is 16.9 Å². The summed E-state index contributed by atoms with van der Waals surface area (Å²) < 4.78 is 29.6. The number of benzene rings is 1. The second kappa shape index (κ2) is 10.2. The van der Waals surface area contributed by atoms with Gasteiger partial charge in [0.25, 0.3) is 5.91 Å². The molecule has 0 bridgehead atoms. The summed E-state index contributed by atoms with van der Waals surface area (Å²) in [6.45, 7) is 6.73. The largest absolute Gasteiger partial charge is 0.390 e. The van der Waals surface area contributed by atoms with Gasteiger partial charge >= 0.3 is 0 Å². The molecule has 11 nitrogen and oxygen atoms in total. The third-order valence-corrected chi connectivity index (χ3v) is 10.1. The molecule has 1 aliphatic carbocycles. The number of aromatic nitrogens is 4. The molecule has 2 N–H and O–H groups in total. The summed E-state index contributed by atoms with van der Waals surface area (Å²) in [5, 5.41) is 18.9. The zero-order chi connectivity index (χ0) is 28.1. The van der Waals surface area contributed by atoms with Gasteiger partial charge in [-0.15, -0.1) is 5.10 Å². The SMILES string of the molecule is CCC1CN(C(=O)c2cc(-c3cn(-c4ccc(NS(=O)(=O)C5CC5)cc4N4CCC(C)(O)CC4)nn3)ccn2)C1. The van der Waals surface area contributed by atoms with Crippen molar-refractivity contribution >= 4 is 27.3 Å². The molecule has 40 heavy (non-hydrogen) atoms. The molecule has 1 saturated carbocycles. The Morgan fingerprint density at radius 2 is 1.88 bits per heavy atom. The van der Waals surface area contributed by atoms with E-state index in [4.69, 9.17) is 0 Å². The zero-order valence-electron chi connectivity index (χ0n) is 22.8. The van der Waals surface area contributed by atoms with E-state index < -0.39 is 15.6 Å². The first-order valence-electron chi connectivity index (χ1n) is 13.9. The Morgan fingerprint density at radius 1 is 1.12 bits per heavy atom. The van der Waals surface area contributed by atoms with Gasteiger partial charge < -0.3 is 14.9 Å². The van der Waals surface area contributed by atoms with Crippen LogP contribution in [-0.4, -0.2) is 81.3 Å². The van der Waals surface area contributed by atoms with Crippen molar-refractivity contribution in [2.75, 3.05) is 35.8 Å². The molecular formula is C28H35N7O4S. The summed E-state index contributed by atoms with van der Waals surface area (Å²) in [5.41, 5.74) is 3.03. The Hall–Kier alpha value is -3.51. The lowest BCUT2D eigenvalue weighted by molar-refractivity contribution is 0.0351. The van der Waals surface area contributed by atoms with Crippen LogP contribution in [0.5, 0.6) is 0 Å². The Morgan fingerprint density at radius 3 is 2.58 bits per heavy atom. The van der Waals surface area contributed by atoms with Crippen molar-refractivity contribution in [1.82, 2.24) is 24.9 Å². The van der Waals surface area contributed by atoms with E-state index in [1.54, 1.807) is 35.3 Å². The van der Waals surface area contributed by atoms with E-state index in [9.17, 15) is 18.3 Å². The molecule has 3 aromatic rings. The molecule has 0 radical (unpaired) electrons. The lowest BCUT2D eigenvalue weighted by Crippen LogP contribution is -2.49. The van der Waals surface area contributed by atoms with Gasteiger partial charge in [-0.1, -0.05) is 12.1 Å². The number of hydrogen-bond donors (Lipinski definition) is 2. The number of anilines is 2. The Balaban J connectivity index is 1.28. The highest BCUT2D eigenvalue weighted by atomic mass is 32.2. The van der Waals surface area contributed by atoms with Crippen LogP contribution in [0.15, 0.2) is 42.7 Å². The van der Waals surface area contributed by atoms with Crippen LogP contribution >= 0.6 is 0 Å². The molecule has 4 heterocycles. The third-order valence-electron chi connectivity index (χ3n) is 8.22. The van der Waals surface area contributed by atoms with Crippen LogP contribution < -0.4 is 9.62 Å². The maximum absolute atomic E-state index is 12.9. The standard InChI is InChI=1S/C28H35N7O4S/c1-3-19-16-34(17-19)27(36)23-14-20(8-11-29-23)24-18-35(32-30-24)25-7-4-21(31-40(38,39)22-5-6-22)15-26(25)33-12-9-28(2,37)10-13-33/h4,7-8,11,14-15,18-19,22,31,37H,3,5-6,9-10,12-13,16-17H2,1-2H3. The number of rotatable bonds is 8. The van der Waals surface area contributed by atoms with E-state index in [0.29, 0.717) is 61.8 Å². The van der Waals surface area contributed by atoms with E-state index in [1.165, 1.54) is 0 Å². The summed E-state index contributed by atoms with van der Waals surface area (Å²) in [6, 6.07) is 8.95. The predicted octanol–water partition coefficient (Wildman–Crippen LogP) is 3.07. The number of likely N-dealkylation sites (tertiary alicyclic amines) is 1. The molecule has 2 aliphatic heterocycles. The molecule has 3 aliphatic rings. The molecule has 0 spiro atoms. The molecule has 0 unspecified atom stereocenters. The van der Waals surface area contributed by atoms with Crippen LogP contribution in [0.3, 0.4) is 0 Å². The normalized spacial score (nSPS) is 19.4. The quantitative estimate of drug-likeness (QED) is 0.426. The Labute approximate surface area is 234 Å². The molecule has 0 atom stereocenters. The number of amides is 1. The number of carbonyl (C=O) groups is 1. The molecule has 2 aromatic heterocycles. The lowest BCUT2D eigenvalue weighted by atomic mass is 9.93. The minimum atomic E-state index is -3.42. The Kier molecular flexibility index (Phi) is 6.78. The summed E-state index contributed by atoms with van der Waals surface area (Å²) in [6.07, 6.45) is 7.03. The van der Waals surface area contributed by atoms with Gasteiger partial charge in [-0.25, -0.2) is 13.1 Å². The summed E-state index contributed by atoms with van der Waals surface area (Å²) in [5.74, 6) is 0.481. The molecular weight excluding hydrogens is 530 g/mol. The van der Waals surface area contributed by atoms with Gasteiger partial charge in [-0.2, -0.15) is 0 Å². The Bertz CT molecular complexity index is 1520. The maximum atomic E-state index is 12.9. The molecule has 3 fully saturated rings. The highest BCUT2D eigenvalue weighted by Crippen LogP contribution is 2.35. The highest BCUT2D eigenvalue weighted by molar-refractivity contribution is 7.93. The average Bonchev–Trinajstić information content (AvgIpc) is 3.66. The van der Waals surface area contributed by atoms with E-state index in [1.807, 2.05) is 24.0 Å². The van der Waals surface area contributed by atoms with Crippen LogP contribution in [0.25, 0.3) is 16.9 Å². The predicted molar refractivity (Wildman–Crippen MR) is 152 cm³/mol. The monoisotopic (exact) mass is 565 g/mol. The number of aliphatic hydroxyl groups is 1. The highest BCUT2D eigenvalue weighted by Gasteiger charge is 2.36. The number of pyridine rings is 1. The van der Waals surface area contributed by atoms with Crippen LogP contribution in [0.4, 0.5) is 11.4 Å². The first kappa shape index (κ1) is 26.7. The van der Waals surface area contributed by atoms with Gasteiger partial charge in [-0.05, 0) is 75.3 Å². The van der Waals surface area contributed by atoms with E-state index in [0.717, 1.165) is 36.4 Å². The molecule has 6 rings (SSSR count). The molecule has 12 heteroatoms. The van der Waals surface area contributed by atoms with Gasteiger partial charge in [0.15, 0.2) is 0 Å². The van der Waals surface area contributed by atoms with E-state index >= 15 is 0 Å². The first-order chi connectivity index (χ1) is 19.1. The fourth-order valence-corrected chi connectivity index (χ4v) is 6.64. The van der Waals surface area contributed by atoms with Crippen molar-refractivity contribution in [2.45, 2.75) is 56.8 Å². The minimum Gasteiger partial charge on any atom is -0.390 e. The van der Waals surface area contributed by atoms with Gasteiger partial charge in [0.2, 0.25) is 10.0 Å². The van der Waals surface area contributed by atoms with Gasteiger partial charge in [-0.3, -0.25) is 14.5 Å². The van der Waals surface area contributed by atoms with Crippen molar-refractivity contribution in [3.05, 3.63) is 48.4 Å². The lowest BCUT2D eigenvalue weighted by Gasteiger charge is -2.38. The molecule has 212 valence electrons. The number of nitrogens with one attached hydrogen (secondary N) is 1. The fourth-order valence-electron chi connectivity index (χ4n) is 5.27. The van der Waals surface area contributed by atoms with Gasteiger partial charge in [0.1, 0.15) is 11.4 Å². The number of sulfonamides is 1. The summed E-state index contributed by atoms with van der Waals surface area (Å²) in [4.78, 5) is 21.1. The van der Waals surface area contributed by atoms with Crippen LogP contribution in [0, 0.1) is 5.92 Å². The summed E-state index contributed by atoms with van der Waals surface area (Å²) in [7, 11) is -3.42. The maximum Gasteiger partial charge on any atom is 0.272 e. The topological polar surface area (TPSA) is 134 Å². The number of carbonyl (C=O) groups excluding carboxylic acids is 1. The van der Waals surface area contributed by atoms with E-state index in [-0.39, 0.29) is 11.2 Å². The van der Waals surface area contributed by atoms with Crippen molar-refractivity contribution in [2.24, 2.45) is 5.92 Å². The third kappa shape index (κ3) is 5.42. The molecule has 1 amide bonds. The number of nitrogens with zero attached hydrogens (tertiary/aromatic N) is 6. The van der Waals surface area contributed by atoms with Crippen molar-refractivity contribution in [3.63, 3.8) is 0 Å². The second-order valence-corrected chi connectivity index (χ2v) is 13.5. The van der Waals surface area contributed by atoms with Crippen LogP contribution in [-0.2, 0) is 10.0 Å². The molecule has 2 saturated heterocycles. The van der Waals surface area contributed by atoms with Crippen LogP contribution in [0.2, 0.25) is 0 Å². The van der Waals surface area contributed by atoms with Crippen molar-refractivity contribution < 1.29 is 18.3 Å². The van der Waals surface area contributed by atoms with Crippen molar-refractivity contribution in [1.29, 1.82) is 0 Å².